The molecule has 0 unspecified atom stereocenters. The van der Waals surface area contributed by atoms with Gasteiger partial charge in [-0.15, -0.1) is 0 Å². The molecule has 0 aliphatic rings. The zero-order chi connectivity index (χ0) is 20.1. The fourth-order valence-corrected chi connectivity index (χ4v) is 3.67. The summed E-state index contributed by atoms with van der Waals surface area (Å²) in [6.45, 7) is 0. The van der Waals surface area contributed by atoms with Gasteiger partial charge in [0.2, 0.25) is 0 Å². The lowest BCUT2D eigenvalue weighted by Crippen LogP contribution is -2.15. The Bertz CT molecular complexity index is 1100. The molecule has 144 valence electrons. The smallest absolute Gasteiger partial charge is 0.261 e. The van der Waals surface area contributed by atoms with Crippen LogP contribution in [0.2, 0.25) is 5.02 Å². The predicted octanol–water partition coefficient (Wildman–Crippen LogP) is 4.40. The Hall–Kier alpha value is -3.03. The van der Waals surface area contributed by atoms with Crippen LogP contribution in [-0.4, -0.2) is 21.4 Å². The van der Waals surface area contributed by atoms with Gasteiger partial charge in [-0.05, 0) is 60.7 Å². The van der Waals surface area contributed by atoms with Crippen molar-refractivity contribution in [3.63, 3.8) is 0 Å². The molecule has 1 amide bonds. The maximum absolute atomic E-state index is 12.6. The lowest BCUT2D eigenvalue weighted by molar-refractivity contribution is 0.102. The number of ether oxygens (including phenoxy) is 1. The van der Waals surface area contributed by atoms with E-state index in [-0.39, 0.29) is 10.8 Å². The number of nitrogens with one attached hydrogen (secondary N) is 2. The van der Waals surface area contributed by atoms with Crippen LogP contribution in [0.5, 0.6) is 5.75 Å². The summed E-state index contributed by atoms with van der Waals surface area (Å²) in [6, 6.07) is 19.0. The molecule has 2 N–H and O–H groups in total. The van der Waals surface area contributed by atoms with E-state index in [0.29, 0.717) is 27.7 Å². The van der Waals surface area contributed by atoms with Crippen LogP contribution in [0.1, 0.15) is 10.4 Å². The number of rotatable bonds is 6. The predicted molar refractivity (Wildman–Crippen MR) is 110 cm³/mol. The van der Waals surface area contributed by atoms with Crippen molar-refractivity contribution < 1.29 is 17.9 Å². The molecular weight excluding hydrogens is 400 g/mol. The number of carbonyl (C=O) groups excluding carboxylic acids is 1. The first-order valence-corrected chi connectivity index (χ1v) is 10.1. The van der Waals surface area contributed by atoms with Crippen LogP contribution in [0.25, 0.3) is 0 Å². The van der Waals surface area contributed by atoms with Gasteiger partial charge in [0.15, 0.2) is 0 Å². The average molecular weight is 417 g/mol. The monoisotopic (exact) mass is 416 g/mol. The zero-order valence-corrected chi connectivity index (χ0v) is 16.4. The Morgan fingerprint density at radius 2 is 1.64 bits per heavy atom. The van der Waals surface area contributed by atoms with Gasteiger partial charge in [0, 0.05) is 22.0 Å². The first-order chi connectivity index (χ1) is 13.4. The lowest BCUT2D eigenvalue weighted by atomic mass is 10.2. The molecule has 0 bridgehead atoms. The van der Waals surface area contributed by atoms with Crippen molar-refractivity contribution in [3.8, 4) is 5.75 Å². The minimum absolute atomic E-state index is 0.0193. The quantitative estimate of drug-likeness (QED) is 0.623. The Morgan fingerprint density at radius 1 is 0.929 bits per heavy atom. The molecule has 0 aromatic heterocycles. The summed E-state index contributed by atoms with van der Waals surface area (Å²) < 4.78 is 32.8. The van der Waals surface area contributed by atoms with E-state index in [1.54, 1.807) is 60.7 Å². The molecular formula is C20H17ClN2O4S. The van der Waals surface area contributed by atoms with Crippen molar-refractivity contribution in [2.75, 3.05) is 17.1 Å². The van der Waals surface area contributed by atoms with Gasteiger partial charge in [0.05, 0.1) is 12.0 Å². The highest BCUT2D eigenvalue weighted by molar-refractivity contribution is 7.92. The van der Waals surface area contributed by atoms with Crippen LogP contribution in [-0.2, 0) is 10.0 Å². The van der Waals surface area contributed by atoms with E-state index in [9.17, 15) is 13.2 Å². The summed E-state index contributed by atoms with van der Waals surface area (Å²) in [5.41, 5.74) is 1.13. The first kappa shape index (κ1) is 19.7. The van der Waals surface area contributed by atoms with Gasteiger partial charge >= 0.3 is 0 Å². The molecule has 0 saturated carbocycles. The highest BCUT2D eigenvalue weighted by Crippen LogP contribution is 2.21. The summed E-state index contributed by atoms with van der Waals surface area (Å²) in [5, 5.41) is 3.19. The van der Waals surface area contributed by atoms with Gasteiger partial charge in [-0.25, -0.2) is 8.42 Å². The standard InChI is InChI=1S/C20H17ClN2O4S/c1-27-18-6-2-4-14(12-18)20(24)22-17-5-3-7-19(13-17)28(25,26)23-16-10-8-15(21)9-11-16/h2-13,23H,1H3,(H,22,24). The van der Waals surface area contributed by atoms with E-state index in [2.05, 4.69) is 10.0 Å². The fraction of sp³-hybridized carbons (Fsp3) is 0.0500. The lowest BCUT2D eigenvalue weighted by Gasteiger charge is -2.11. The number of hydrogen-bond donors (Lipinski definition) is 2. The largest absolute Gasteiger partial charge is 0.497 e. The number of sulfonamides is 1. The van der Waals surface area contributed by atoms with Crippen molar-refractivity contribution in [2.24, 2.45) is 0 Å². The van der Waals surface area contributed by atoms with Crippen molar-refractivity contribution in [1.29, 1.82) is 0 Å². The van der Waals surface area contributed by atoms with Crippen LogP contribution in [0, 0.1) is 0 Å². The van der Waals surface area contributed by atoms with Gasteiger partial charge in [0.1, 0.15) is 5.75 Å². The van der Waals surface area contributed by atoms with E-state index >= 15 is 0 Å². The number of carbonyl (C=O) groups is 1. The molecule has 0 atom stereocenters. The minimum Gasteiger partial charge on any atom is -0.497 e. The van der Waals surface area contributed by atoms with Gasteiger partial charge in [-0.1, -0.05) is 23.7 Å². The number of hydrogen-bond acceptors (Lipinski definition) is 4. The fourth-order valence-electron chi connectivity index (χ4n) is 2.44. The molecule has 0 heterocycles. The highest BCUT2D eigenvalue weighted by atomic mass is 35.5. The van der Waals surface area contributed by atoms with Crippen LogP contribution in [0.4, 0.5) is 11.4 Å². The third-order valence-corrected chi connectivity index (χ3v) is 5.46. The number of anilines is 2. The van der Waals surface area contributed by atoms with Crippen LogP contribution in [0.15, 0.2) is 77.7 Å². The van der Waals surface area contributed by atoms with E-state index < -0.39 is 10.0 Å². The highest BCUT2D eigenvalue weighted by Gasteiger charge is 2.16. The number of benzene rings is 3. The first-order valence-electron chi connectivity index (χ1n) is 8.21. The second-order valence-corrected chi connectivity index (χ2v) is 7.95. The van der Waals surface area contributed by atoms with Gasteiger partial charge in [-0.3, -0.25) is 9.52 Å². The molecule has 0 fully saturated rings. The molecule has 3 aromatic carbocycles. The zero-order valence-electron chi connectivity index (χ0n) is 14.8. The number of halogens is 1. The molecule has 0 saturated heterocycles. The summed E-state index contributed by atoms with van der Waals surface area (Å²) in [6.07, 6.45) is 0. The molecule has 28 heavy (non-hydrogen) atoms. The second kappa shape index (κ2) is 8.33. The molecule has 6 nitrogen and oxygen atoms in total. The number of amides is 1. The Kier molecular flexibility index (Phi) is 5.87. The minimum atomic E-state index is -3.82. The molecule has 3 aromatic rings. The molecule has 0 aliphatic heterocycles. The SMILES string of the molecule is COc1cccc(C(=O)Nc2cccc(S(=O)(=O)Nc3ccc(Cl)cc3)c2)c1. The molecule has 0 radical (unpaired) electrons. The van der Waals surface area contributed by atoms with E-state index in [4.69, 9.17) is 16.3 Å². The molecule has 8 heteroatoms. The Morgan fingerprint density at radius 3 is 2.36 bits per heavy atom. The molecule has 3 rings (SSSR count). The van der Waals surface area contributed by atoms with E-state index in [1.165, 1.54) is 19.2 Å². The summed E-state index contributed by atoms with van der Waals surface area (Å²) >= 11 is 5.81. The topological polar surface area (TPSA) is 84.5 Å². The third-order valence-electron chi connectivity index (χ3n) is 3.83. The maximum Gasteiger partial charge on any atom is 0.261 e. The van der Waals surface area contributed by atoms with Gasteiger partial charge < -0.3 is 10.1 Å². The van der Waals surface area contributed by atoms with Crippen LogP contribution >= 0.6 is 11.6 Å². The summed E-state index contributed by atoms with van der Waals surface area (Å²) in [5.74, 6) is 0.176. The van der Waals surface area contributed by atoms with E-state index in [0.717, 1.165) is 0 Å². The van der Waals surface area contributed by atoms with Gasteiger partial charge in [-0.2, -0.15) is 0 Å². The second-order valence-electron chi connectivity index (χ2n) is 5.83. The number of methoxy groups -OCH3 is 1. The summed E-state index contributed by atoms with van der Waals surface area (Å²) in [7, 11) is -2.31. The van der Waals surface area contributed by atoms with Crippen LogP contribution < -0.4 is 14.8 Å². The van der Waals surface area contributed by atoms with Gasteiger partial charge in [0.25, 0.3) is 15.9 Å². The Labute approximate surface area is 168 Å². The maximum atomic E-state index is 12.6. The third kappa shape index (κ3) is 4.82. The average Bonchev–Trinajstić information content (AvgIpc) is 2.70. The van der Waals surface area contributed by atoms with Crippen molar-refractivity contribution >= 4 is 38.9 Å². The van der Waals surface area contributed by atoms with E-state index in [1.807, 2.05) is 0 Å². The normalized spacial score (nSPS) is 10.9. The molecule has 0 aliphatic carbocycles. The van der Waals surface area contributed by atoms with Crippen molar-refractivity contribution in [2.45, 2.75) is 4.90 Å². The molecule has 0 spiro atoms. The Balaban J connectivity index is 1.79. The van der Waals surface area contributed by atoms with Crippen molar-refractivity contribution in [3.05, 3.63) is 83.4 Å². The van der Waals surface area contributed by atoms with Crippen molar-refractivity contribution in [1.82, 2.24) is 0 Å². The summed E-state index contributed by atoms with van der Waals surface area (Å²) in [4.78, 5) is 12.4. The van der Waals surface area contributed by atoms with Crippen LogP contribution in [0.3, 0.4) is 0 Å².